The van der Waals surface area contributed by atoms with Crippen LogP contribution in [-0.2, 0) is 0 Å². The smallest absolute Gasteiger partial charge is 0.343 e. The van der Waals surface area contributed by atoms with Crippen molar-refractivity contribution in [1.29, 1.82) is 0 Å². The van der Waals surface area contributed by atoms with Crippen molar-refractivity contribution in [1.82, 2.24) is 0 Å². The van der Waals surface area contributed by atoms with Crippen molar-refractivity contribution < 1.29 is 0 Å². The first kappa shape index (κ1) is 22.9. The summed E-state index contributed by atoms with van der Waals surface area (Å²) in [6.45, 7) is 12.0. The third kappa shape index (κ3) is 31.5. The molecule has 0 atom stereocenters. The van der Waals surface area contributed by atoms with Gasteiger partial charge in [0.15, 0.2) is 0 Å². The van der Waals surface area contributed by atoms with Crippen molar-refractivity contribution in [2.24, 2.45) is 0 Å². The van der Waals surface area contributed by atoms with E-state index in [0.29, 0.717) is 0 Å². The molecule has 0 rings (SSSR count). The van der Waals surface area contributed by atoms with Crippen LogP contribution in [-0.4, -0.2) is 23.1 Å². The van der Waals surface area contributed by atoms with Crippen LogP contribution < -0.4 is 0 Å². The molecule has 0 bridgehead atoms. The Balaban J connectivity index is -0.000000218. The molecule has 0 N–H and O–H groups in total. The van der Waals surface area contributed by atoms with E-state index in [-0.39, 0.29) is 23.1 Å². The number of unbranched alkanes of at least 4 members (excludes halogenated alkanes) is 10. The first-order chi connectivity index (χ1) is 7.83. The third-order valence-corrected chi connectivity index (χ3v) is 2.71. The van der Waals surface area contributed by atoms with Crippen LogP contribution in [0.25, 0.3) is 0 Å². The van der Waals surface area contributed by atoms with Crippen LogP contribution in [0.1, 0.15) is 90.9 Å². The van der Waals surface area contributed by atoms with Gasteiger partial charge >= 0.3 is 23.1 Å². The van der Waals surface area contributed by atoms with E-state index in [0.717, 1.165) is 12.8 Å². The minimum absolute atomic E-state index is 0. The first-order valence-electron chi connectivity index (χ1n) is 7.41. The van der Waals surface area contributed by atoms with Crippen LogP contribution in [0.4, 0.5) is 0 Å². The molecule has 0 amide bonds. The van der Waals surface area contributed by atoms with Gasteiger partial charge in [0.05, 0.1) is 0 Å². The molecule has 17 heavy (non-hydrogen) atoms. The van der Waals surface area contributed by atoms with E-state index in [1.165, 1.54) is 64.2 Å². The van der Waals surface area contributed by atoms with Crippen LogP contribution in [0.3, 0.4) is 0 Å². The summed E-state index contributed by atoms with van der Waals surface area (Å²) in [5, 5.41) is 0. The van der Waals surface area contributed by atoms with Gasteiger partial charge in [0.2, 0.25) is 0 Å². The van der Waals surface area contributed by atoms with Crippen molar-refractivity contribution in [3.05, 3.63) is 13.8 Å². The monoisotopic (exact) mass is 250 g/mol. The van der Waals surface area contributed by atoms with E-state index < -0.39 is 0 Å². The summed E-state index contributed by atoms with van der Waals surface area (Å²) in [7, 11) is 0. The summed E-state index contributed by atoms with van der Waals surface area (Å²) in [4.78, 5) is 0. The Morgan fingerprint density at radius 1 is 0.529 bits per heavy atom. The first-order valence-corrected chi connectivity index (χ1v) is 7.41. The fourth-order valence-corrected chi connectivity index (χ4v) is 1.56. The van der Waals surface area contributed by atoms with E-state index in [1.807, 2.05) is 0 Å². The largest absolute Gasteiger partial charge is 2.00 e. The van der Waals surface area contributed by atoms with Crippen molar-refractivity contribution in [3.63, 3.8) is 0 Å². The second-order valence-electron chi connectivity index (χ2n) is 4.54. The average Bonchev–Trinajstić information content (AvgIpc) is 2.31. The molecule has 0 spiro atoms. The number of hydrogen-bond acceptors (Lipinski definition) is 0. The van der Waals surface area contributed by atoms with Gasteiger partial charge < -0.3 is 13.8 Å². The molecular weight excluding hydrogens is 216 g/mol. The fraction of sp³-hybridized carbons (Fsp3) is 0.875. The molecule has 0 aromatic heterocycles. The molecule has 100 valence electrons. The predicted octanol–water partition coefficient (Wildman–Crippen LogP) is 5.98. The molecule has 0 fully saturated rings. The molecule has 0 aliphatic rings. The molecule has 0 radical (unpaired) electrons. The summed E-state index contributed by atoms with van der Waals surface area (Å²) in [6.07, 6.45) is 16.0. The zero-order valence-corrected chi connectivity index (χ0v) is 14.0. The predicted molar refractivity (Wildman–Crippen MR) is 83.2 cm³/mol. The molecule has 1 heteroatoms. The minimum Gasteiger partial charge on any atom is -0.343 e. The van der Waals surface area contributed by atoms with Crippen molar-refractivity contribution in [2.75, 3.05) is 0 Å². The van der Waals surface area contributed by atoms with E-state index in [4.69, 9.17) is 0 Å². The summed E-state index contributed by atoms with van der Waals surface area (Å²) < 4.78 is 0. The average molecular weight is 251 g/mol. The molecule has 0 aliphatic heterocycles. The normalized spacial score (nSPS) is 9.18. The summed E-state index contributed by atoms with van der Waals surface area (Å²) in [6, 6.07) is 0. The van der Waals surface area contributed by atoms with Gasteiger partial charge in [0.1, 0.15) is 0 Å². The van der Waals surface area contributed by atoms with Crippen LogP contribution in [0.15, 0.2) is 0 Å². The van der Waals surface area contributed by atoms with Gasteiger partial charge in [-0.1, -0.05) is 78.1 Å². The van der Waals surface area contributed by atoms with E-state index >= 15 is 0 Å². The van der Waals surface area contributed by atoms with Gasteiger partial charge in [-0.3, -0.25) is 0 Å². The molecule has 0 nitrogen and oxygen atoms in total. The Kier molecular flexibility index (Phi) is 34.5. The fourth-order valence-electron chi connectivity index (χ4n) is 1.56. The molecule has 0 unspecified atom stereocenters. The van der Waals surface area contributed by atoms with E-state index in [9.17, 15) is 0 Å². The molecule has 0 saturated heterocycles. The number of hydrogen-bond donors (Lipinski definition) is 0. The van der Waals surface area contributed by atoms with Crippen LogP contribution >= 0.6 is 0 Å². The molecule has 0 heterocycles. The summed E-state index contributed by atoms with van der Waals surface area (Å²) in [5.41, 5.74) is 0. The third-order valence-electron chi connectivity index (χ3n) is 2.71. The second-order valence-corrected chi connectivity index (χ2v) is 4.54. The second kappa shape index (κ2) is 25.6. The maximum absolute atomic E-state index is 3.78. The van der Waals surface area contributed by atoms with Crippen LogP contribution in [0.2, 0.25) is 0 Å². The van der Waals surface area contributed by atoms with Gasteiger partial charge in [-0.25, -0.2) is 0 Å². The molecule has 0 aromatic carbocycles. The Morgan fingerprint density at radius 2 is 0.824 bits per heavy atom. The van der Waals surface area contributed by atoms with Crippen molar-refractivity contribution in [3.8, 4) is 0 Å². The number of rotatable bonds is 10. The van der Waals surface area contributed by atoms with Gasteiger partial charge in [-0.2, -0.15) is 12.8 Å². The van der Waals surface area contributed by atoms with Gasteiger partial charge in [-0.05, 0) is 0 Å². The van der Waals surface area contributed by atoms with Crippen LogP contribution in [0.5, 0.6) is 0 Å². The summed E-state index contributed by atoms with van der Waals surface area (Å²) >= 11 is 0. The molecule has 0 saturated carbocycles. The van der Waals surface area contributed by atoms with Crippen LogP contribution in [0, 0.1) is 13.8 Å². The van der Waals surface area contributed by atoms with Gasteiger partial charge in [-0.15, -0.1) is 0 Å². The molecule has 0 aliphatic carbocycles. The topological polar surface area (TPSA) is 0 Å². The Hall–Kier alpha value is 0.766. The summed E-state index contributed by atoms with van der Waals surface area (Å²) in [5.74, 6) is 0. The maximum atomic E-state index is 3.78. The Morgan fingerprint density at radius 3 is 1.06 bits per heavy atom. The van der Waals surface area contributed by atoms with Gasteiger partial charge in [0, 0.05) is 0 Å². The zero-order chi connectivity index (χ0) is 12.5. The quantitative estimate of drug-likeness (QED) is 0.254. The van der Waals surface area contributed by atoms with Crippen molar-refractivity contribution >= 4 is 23.1 Å². The maximum Gasteiger partial charge on any atom is 2.00 e. The SMILES string of the molecule is [CH2-]CCCCCCC.[CH2-]CCCCCCC.[Mg+2]. The molecule has 0 aromatic rings. The van der Waals surface area contributed by atoms with Gasteiger partial charge in [0.25, 0.3) is 0 Å². The molecular formula is C16H34Mg. The Labute approximate surface area is 127 Å². The zero-order valence-electron chi connectivity index (χ0n) is 12.6. The standard InChI is InChI=1S/2C8H17.Mg/c2*1-3-5-7-8-6-4-2;/h2*1,3-8H2,2H3;/q2*-1;+2. The van der Waals surface area contributed by atoms with Crippen molar-refractivity contribution in [2.45, 2.75) is 90.9 Å². The minimum atomic E-state index is 0. The van der Waals surface area contributed by atoms with E-state index in [2.05, 4.69) is 27.7 Å². The Bertz CT molecular complexity index is 67.5. The van der Waals surface area contributed by atoms with E-state index in [1.54, 1.807) is 0 Å².